The highest BCUT2D eigenvalue weighted by Crippen LogP contribution is 2.07. The summed E-state index contributed by atoms with van der Waals surface area (Å²) in [5, 5.41) is 10.4. The Kier molecular flexibility index (Phi) is 4.27. The van der Waals surface area contributed by atoms with Gasteiger partial charge in [-0.25, -0.2) is 0 Å². The summed E-state index contributed by atoms with van der Waals surface area (Å²) in [5.74, 6) is 0.447. The predicted molar refractivity (Wildman–Crippen MR) is 66.3 cm³/mol. The molecular formula is C11H19N3S. The van der Waals surface area contributed by atoms with E-state index in [1.807, 2.05) is 6.21 Å². The van der Waals surface area contributed by atoms with E-state index >= 15 is 0 Å². The van der Waals surface area contributed by atoms with E-state index in [1.165, 1.54) is 5.69 Å². The molecular weight excluding hydrogens is 206 g/mol. The Hall–Kier alpha value is -0.900. The molecule has 1 aromatic rings. The average Bonchev–Trinajstić information content (AvgIpc) is 2.46. The first-order valence-corrected chi connectivity index (χ1v) is 6.14. The fourth-order valence-electron chi connectivity index (χ4n) is 1.32. The van der Waals surface area contributed by atoms with Gasteiger partial charge in [0.1, 0.15) is 0 Å². The second-order valence-corrected chi connectivity index (χ2v) is 5.07. The second-order valence-electron chi connectivity index (χ2n) is 4.23. The van der Waals surface area contributed by atoms with Crippen molar-refractivity contribution in [2.24, 2.45) is 16.1 Å². The summed E-state index contributed by atoms with van der Waals surface area (Å²) in [5.41, 5.74) is 1.24. The summed E-state index contributed by atoms with van der Waals surface area (Å²) in [4.78, 5) is 0.972. The second kappa shape index (κ2) is 5.26. The van der Waals surface area contributed by atoms with Crippen LogP contribution in [0.1, 0.15) is 39.4 Å². The van der Waals surface area contributed by atoms with Crippen molar-refractivity contribution in [3.8, 4) is 0 Å². The minimum absolute atomic E-state index is 0.434. The maximum atomic E-state index is 4.24. The molecule has 0 fully saturated rings. The van der Waals surface area contributed by atoms with Gasteiger partial charge < -0.3 is 4.57 Å². The van der Waals surface area contributed by atoms with Gasteiger partial charge in [0.15, 0.2) is 0 Å². The molecule has 0 amide bonds. The van der Waals surface area contributed by atoms with Gasteiger partial charge in [-0.1, -0.05) is 13.8 Å². The Morgan fingerprint density at radius 2 is 2.00 bits per heavy atom. The number of rotatable bonds is 3. The Labute approximate surface area is 95.2 Å². The van der Waals surface area contributed by atoms with Crippen LogP contribution >= 0.6 is 11.3 Å². The number of aryl methyl sites for hydroxylation is 1. The van der Waals surface area contributed by atoms with Crippen molar-refractivity contribution in [1.29, 1.82) is 0 Å². The maximum Gasteiger partial charge on any atom is 0.210 e. The molecule has 1 rings (SSSR count). The molecule has 4 heteroatoms. The molecule has 0 radical (unpaired) electrons. The van der Waals surface area contributed by atoms with E-state index < -0.39 is 0 Å². The molecule has 0 aliphatic rings. The molecule has 0 saturated carbocycles. The molecule has 0 unspecified atom stereocenters. The lowest BCUT2D eigenvalue weighted by Gasteiger charge is -2.08. The number of nitrogens with zero attached hydrogens (tertiary/aromatic N) is 3. The molecule has 0 spiro atoms. The molecule has 0 aliphatic heterocycles. The SMILES string of the molecule is Cc1cs/c(=N\N=C\C(C)C)n1C(C)C. The Morgan fingerprint density at radius 1 is 1.33 bits per heavy atom. The van der Waals surface area contributed by atoms with E-state index in [1.54, 1.807) is 11.3 Å². The summed E-state index contributed by atoms with van der Waals surface area (Å²) in [7, 11) is 0. The van der Waals surface area contributed by atoms with Crippen LogP contribution in [-0.4, -0.2) is 10.8 Å². The van der Waals surface area contributed by atoms with Crippen LogP contribution in [0.15, 0.2) is 15.6 Å². The van der Waals surface area contributed by atoms with E-state index in [0.717, 1.165) is 4.80 Å². The topological polar surface area (TPSA) is 29.6 Å². The highest BCUT2D eigenvalue weighted by atomic mass is 32.1. The fourth-order valence-corrected chi connectivity index (χ4v) is 2.27. The van der Waals surface area contributed by atoms with E-state index in [0.29, 0.717) is 12.0 Å². The number of hydrogen-bond acceptors (Lipinski definition) is 3. The molecule has 0 atom stereocenters. The third kappa shape index (κ3) is 3.30. The lowest BCUT2D eigenvalue weighted by Crippen LogP contribution is -2.17. The van der Waals surface area contributed by atoms with Gasteiger partial charge in [0, 0.05) is 23.3 Å². The zero-order valence-electron chi connectivity index (χ0n) is 10.1. The maximum absolute atomic E-state index is 4.24. The van der Waals surface area contributed by atoms with E-state index in [9.17, 15) is 0 Å². The molecule has 0 aliphatic carbocycles. The number of hydrogen-bond donors (Lipinski definition) is 0. The van der Waals surface area contributed by atoms with Crippen molar-refractivity contribution in [2.45, 2.75) is 40.7 Å². The number of thiazole rings is 1. The molecule has 0 bridgehead atoms. The lowest BCUT2D eigenvalue weighted by atomic mass is 10.3. The van der Waals surface area contributed by atoms with Gasteiger partial charge >= 0.3 is 0 Å². The number of aromatic nitrogens is 1. The van der Waals surface area contributed by atoms with Gasteiger partial charge in [0.05, 0.1) is 0 Å². The van der Waals surface area contributed by atoms with Crippen LogP contribution in [0.25, 0.3) is 0 Å². The normalized spacial score (nSPS) is 13.7. The van der Waals surface area contributed by atoms with Crippen molar-refractivity contribution >= 4 is 17.6 Å². The molecule has 3 nitrogen and oxygen atoms in total. The van der Waals surface area contributed by atoms with Crippen molar-refractivity contribution in [1.82, 2.24) is 4.57 Å². The van der Waals surface area contributed by atoms with Gasteiger partial charge in [0.2, 0.25) is 4.80 Å². The van der Waals surface area contributed by atoms with Crippen LogP contribution in [0.4, 0.5) is 0 Å². The third-order valence-corrected chi connectivity index (χ3v) is 2.89. The summed E-state index contributed by atoms with van der Waals surface area (Å²) in [6.45, 7) is 10.6. The fraction of sp³-hybridized carbons (Fsp3) is 0.636. The largest absolute Gasteiger partial charge is 0.317 e. The minimum Gasteiger partial charge on any atom is -0.317 e. The molecule has 0 aromatic carbocycles. The molecule has 0 N–H and O–H groups in total. The summed E-state index contributed by atoms with van der Waals surface area (Å²) < 4.78 is 2.20. The first-order chi connectivity index (χ1) is 7.02. The highest BCUT2D eigenvalue weighted by molar-refractivity contribution is 7.07. The average molecular weight is 225 g/mol. The van der Waals surface area contributed by atoms with Gasteiger partial charge in [-0.2, -0.15) is 5.10 Å². The minimum atomic E-state index is 0.434. The first kappa shape index (κ1) is 12.2. The van der Waals surface area contributed by atoms with Crippen molar-refractivity contribution < 1.29 is 0 Å². The summed E-state index contributed by atoms with van der Waals surface area (Å²) >= 11 is 1.64. The van der Waals surface area contributed by atoms with Crippen LogP contribution in [0.2, 0.25) is 0 Å². The predicted octanol–water partition coefficient (Wildman–Crippen LogP) is 2.98. The van der Waals surface area contributed by atoms with Gasteiger partial charge in [-0.15, -0.1) is 16.4 Å². The van der Waals surface area contributed by atoms with E-state index in [-0.39, 0.29) is 0 Å². The molecule has 0 saturated heterocycles. The zero-order valence-corrected chi connectivity index (χ0v) is 10.9. The van der Waals surface area contributed by atoms with E-state index in [2.05, 4.69) is 54.8 Å². The Balaban J connectivity index is 3.04. The molecule has 84 valence electrons. The van der Waals surface area contributed by atoms with E-state index in [4.69, 9.17) is 0 Å². The van der Waals surface area contributed by atoms with Crippen LogP contribution in [0.5, 0.6) is 0 Å². The Bertz CT molecular complexity index is 396. The standard InChI is InChI=1S/C11H19N3S/c1-8(2)6-12-13-11-14(9(3)4)10(5)7-15-11/h6-9H,1-5H3/b12-6+,13-11-. The van der Waals surface area contributed by atoms with Crippen LogP contribution in [-0.2, 0) is 0 Å². The van der Waals surface area contributed by atoms with Crippen molar-refractivity contribution in [3.05, 3.63) is 15.9 Å². The Morgan fingerprint density at radius 3 is 2.53 bits per heavy atom. The first-order valence-electron chi connectivity index (χ1n) is 5.26. The smallest absolute Gasteiger partial charge is 0.210 e. The zero-order chi connectivity index (χ0) is 11.4. The highest BCUT2D eigenvalue weighted by Gasteiger charge is 2.03. The lowest BCUT2D eigenvalue weighted by molar-refractivity contribution is 0.567. The monoisotopic (exact) mass is 225 g/mol. The summed E-state index contributed by atoms with van der Waals surface area (Å²) in [6, 6.07) is 0.434. The summed E-state index contributed by atoms with van der Waals surface area (Å²) in [6.07, 6.45) is 1.86. The molecule has 1 heterocycles. The third-order valence-electron chi connectivity index (χ3n) is 1.95. The van der Waals surface area contributed by atoms with Crippen LogP contribution in [0, 0.1) is 12.8 Å². The van der Waals surface area contributed by atoms with Crippen molar-refractivity contribution in [3.63, 3.8) is 0 Å². The molecule has 15 heavy (non-hydrogen) atoms. The van der Waals surface area contributed by atoms with Crippen LogP contribution < -0.4 is 4.80 Å². The van der Waals surface area contributed by atoms with Crippen LogP contribution in [0.3, 0.4) is 0 Å². The van der Waals surface area contributed by atoms with Gasteiger partial charge in [-0.05, 0) is 26.7 Å². The van der Waals surface area contributed by atoms with Crippen molar-refractivity contribution in [2.75, 3.05) is 0 Å². The molecule has 1 aromatic heterocycles. The van der Waals surface area contributed by atoms with Gasteiger partial charge in [-0.3, -0.25) is 0 Å². The quantitative estimate of drug-likeness (QED) is 0.559. The van der Waals surface area contributed by atoms with Gasteiger partial charge in [0.25, 0.3) is 0 Å².